The minimum Gasteiger partial charge on any atom is -0.368 e. The molecule has 1 aromatic heterocycles. The number of hydrogen-bond acceptors (Lipinski definition) is 4. The molecule has 1 heterocycles. The number of nitrogens with two attached hydrogens (primary N) is 2. The van der Waals surface area contributed by atoms with Crippen LogP contribution in [-0.4, -0.2) is 9.97 Å². The lowest BCUT2D eigenvalue weighted by molar-refractivity contribution is 1.07. The van der Waals surface area contributed by atoms with Crippen molar-refractivity contribution in [2.24, 2.45) is 5.73 Å². The second-order valence-corrected chi connectivity index (χ2v) is 3.20. The van der Waals surface area contributed by atoms with Crippen molar-refractivity contribution in [3.05, 3.63) is 42.1 Å². The SMILES string of the molecule is NCc1ccc(-c2ccnc(N)n2)cc1. The number of anilines is 1. The standard InChI is InChI=1S/C11H12N4/c12-7-8-1-3-9(4-2-8)10-5-6-14-11(13)15-10/h1-6H,7,12H2,(H2,13,14,15). The van der Waals surface area contributed by atoms with E-state index < -0.39 is 0 Å². The topological polar surface area (TPSA) is 77.8 Å². The van der Waals surface area contributed by atoms with Gasteiger partial charge in [-0.3, -0.25) is 0 Å². The molecule has 2 rings (SSSR count). The van der Waals surface area contributed by atoms with Crippen LogP contribution in [0.25, 0.3) is 11.3 Å². The molecule has 1 aromatic carbocycles. The van der Waals surface area contributed by atoms with Crippen molar-refractivity contribution in [2.75, 3.05) is 5.73 Å². The maximum Gasteiger partial charge on any atom is 0.220 e. The lowest BCUT2D eigenvalue weighted by Crippen LogP contribution is -1.97. The molecular weight excluding hydrogens is 188 g/mol. The Morgan fingerprint density at radius 3 is 2.40 bits per heavy atom. The molecule has 0 saturated carbocycles. The van der Waals surface area contributed by atoms with Crippen LogP contribution in [0.1, 0.15) is 5.56 Å². The van der Waals surface area contributed by atoms with Crippen LogP contribution in [0.3, 0.4) is 0 Å². The predicted molar refractivity (Wildman–Crippen MR) is 59.8 cm³/mol. The fourth-order valence-corrected chi connectivity index (χ4v) is 1.35. The second-order valence-electron chi connectivity index (χ2n) is 3.20. The van der Waals surface area contributed by atoms with E-state index in [0.717, 1.165) is 16.8 Å². The minimum atomic E-state index is 0.287. The van der Waals surface area contributed by atoms with Crippen LogP contribution >= 0.6 is 0 Å². The Morgan fingerprint density at radius 2 is 1.80 bits per heavy atom. The van der Waals surface area contributed by atoms with E-state index in [9.17, 15) is 0 Å². The molecule has 0 spiro atoms. The summed E-state index contributed by atoms with van der Waals surface area (Å²) in [6.45, 7) is 0.548. The average Bonchev–Trinajstić information content (AvgIpc) is 2.29. The summed E-state index contributed by atoms with van der Waals surface area (Å²) in [4.78, 5) is 7.98. The van der Waals surface area contributed by atoms with Crippen molar-refractivity contribution in [3.63, 3.8) is 0 Å². The quantitative estimate of drug-likeness (QED) is 0.763. The zero-order valence-corrected chi connectivity index (χ0v) is 8.22. The van der Waals surface area contributed by atoms with Crippen molar-refractivity contribution < 1.29 is 0 Å². The highest BCUT2D eigenvalue weighted by atomic mass is 15.0. The first kappa shape index (κ1) is 9.61. The number of nitrogens with zero attached hydrogens (tertiary/aromatic N) is 2. The van der Waals surface area contributed by atoms with E-state index in [0.29, 0.717) is 6.54 Å². The van der Waals surface area contributed by atoms with Crippen LogP contribution in [0.5, 0.6) is 0 Å². The van der Waals surface area contributed by atoms with Crippen molar-refractivity contribution in [1.82, 2.24) is 9.97 Å². The Kier molecular flexibility index (Phi) is 2.60. The number of rotatable bonds is 2. The van der Waals surface area contributed by atoms with E-state index in [-0.39, 0.29) is 5.95 Å². The first-order valence-corrected chi connectivity index (χ1v) is 4.67. The highest BCUT2D eigenvalue weighted by Gasteiger charge is 1.99. The summed E-state index contributed by atoms with van der Waals surface area (Å²) in [6, 6.07) is 9.74. The lowest BCUT2D eigenvalue weighted by Gasteiger charge is -2.02. The molecule has 0 saturated heterocycles. The van der Waals surface area contributed by atoms with E-state index >= 15 is 0 Å². The Morgan fingerprint density at radius 1 is 1.07 bits per heavy atom. The molecule has 0 aliphatic heterocycles. The molecule has 0 unspecified atom stereocenters. The van der Waals surface area contributed by atoms with Crippen molar-refractivity contribution in [2.45, 2.75) is 6.54 Å². The Hall–Kier alpha value is -1.94. The normalized spacial score (nSPS) is 10.2. The van der Waals surface area contributed by atoms with Gasteiger partial charge in [0.1, 0.15) is 0 Å². The molecule has 4 nitrogen and oxygen atoms in total. The third-order valence-electron chi connectivity index (χ3n) is 2.16. The Balaban J connectivity index is 2.37. The van der Waals surface area contributed by atoms with Gasteiger partial charge < -0.3 is 11.5 Å². The van der Waals surface area contributed by atoms with E-state index in [1.54, 1.807) is 6.20 Å². The number of hydrogen-bond donors (Lipinski definition) is 2. The van der Waals surface area contributed by atoms with Crippen LogP contribution in [0, 0.1) is 0 Å². The van der Waals surface area contributed by atoms with Crippen LogP contribution in [0.15, 0.2) is 36.5 Å². The van der Waals surface area contributed by atoms with Gasteiger partial charge in [-0.15, -0.1) is 0 Å². The first-order valence-electron chi connectivity index (χ1n) is 4.67. The summed E-state index contributed by atoms with van der Waals surface area (Å²) in [5, 5.41) is 0. The molecule has 0 aliphatic carbocycles. The molecule has 2 aromatic rings. The van der Waals surface area contributed by atoms with Gasteiger partial charge in [0.15, 0.2) is 0 Å². The molecular formula is C11H12N4. The van der Waals surface area contributed by atoms with E-state index in [2.05, 4.69) is 9.97 Å². The molecule has 0 bridgehead atoms. The Labute approximate surface area is 88.0 Å². The van der Waals surface area contributed by atoms with E-state index in [1.165, 1.54) is 0 Å². The average molecular weight is 200 g/mol. The predicted octanol–water partition coefficient (Wildman–Crippen LogP) is 1.18. The fourth-order valence-electron chi connectivity index (χ4n) is 1.35. The lowest BCUT2D eigenvalue weighted by atomic mass is 10.1. The molecule has 76 valence electrons. The molecule has 0 aliphatic rings. The van der Waals surface area contributed by atoms with Crippen LogP contribution in [0.4, 0.5) is 5.95 Å². The summed E-state index contributed by atoms with van der Waals surface area (Å²) in [7, 11) is 0. The maximum atomic E-state index is 5.52. The maximum absolute atomic E-state index is 5.52. The fraction of sp³-hybridized carbons (Fsp3) is 0.0909. The summed E-state index contributed by atoms with van der Waals surface area (Å²) < 4.78 is 0. The van der Waals surface area contributed by atoms with Crippen LogP contribution in [-0.2, 0) is 6.54 Å². The number of nitrogen functional groups attached to an aromatic ring is 1. The second kappa shape index (κ2) is 4.06. The highest BCUT2D eigenvalue weighted by molar-refractivity contribution is 5.59. The first-order chi connectivity index (χ1) is 7.29. The monoisotopic (exact) mass is 200 g/mol. The van der Waals surface area contributed by atoms with Gasteiger partial charge in [0.2, 0.25) is 5.95 Å². The van der Waals surface area contributed by atoms with Gasteiger partial charge in [-0.2, -0.15) is 0 Å². The van der Waals surface area contributed by atoms with Gasteiger partial charge in [-0.05, 0) is 11.6 Å². The highest BCUT2D eigenvalue weighted by Crippen LogP contribution is 2.17. The zero-order valence-electron chi connectivity index (χ0n) is 8.22. The van der Waals surface area contributed by atoms with E-state index in [1.807, 2.05) is 30.3 Å². The molecule has 4 N–H and O–H groups in total. The Bertz CT molecular complexity index is 450. The van der Waals surface area contributed by atoms with Gasteiger partial charge >= 0.3 is 0 Å². The molecule has 15 heavy (non-hydrogen) atoms. The summed E-state index contributed by atoms with van der Waals surface area (Å²) in [6.07, 6.45) is 1.65. The third kappa shape index (κ3) is 2.11. The van der Waals surface area contributed by atoms with Crippen LogP contribution < -0.4 is 11.5 Å². The van der Waals surface area contributed by atoms with Gasteiger partial charge in [0.05, 0.1) is 5.69 Å². The summed E-state index contributed by atoms with van der Waals surface area (Å²) >= 11 is 0. The van der Waals surface area contributed by atoms with Crippen molar-refractivity contribution in [1.29, 1.82) is 0 Å². The smallest absolute Gasteiger partial charge is 0.220 e. The minimum absolute atomic E-state index is 0.287. The largest absolute Gasteiger partial charge is 0.368 e. The van der Waals surface area contributed by atoms with E-state index in [4.69, 9.17) is 11.5 Å². The van der Waals surface area contributed by atoms with Crippen molar-refractivity contribution >= 4 is 5.95 Å². The summed E-state index contributed by atoms with van der Waals surface area (Å²) in [5.74, 6) is 0.287. The van der Waals surface area contributed by atoms with Crippen LogP contribution in [0.2, 0.25) is 0 Å². The van der Waals surface area contributed by atoms with Gasteiger partial charge in [-0.1, -0.05) is 24.3 Å². The molecule has 0 fully saturated rings. The summed E-state index contributed by atoms with van der Waals surface area (Å²) in [5.41, 5.74) is 14.0. The molecule has 0 radical (unpaired) electrons. The third-order valence-corrected chi connectivity index (χ3v) is 2.16. The van der Waals surface area contributed by atoms with Gasteiger partial charge in [0, 0.05) is 18.3 Å². The molecule has 0 atom stereocenters. The van der Waals surface area contributed by atoms with Gasteiger partial charge in [0.25, 0.3) is 0 Å². The molecule has 4 heteroatoms. The number of benzene rings is 1. The molecule has 0 amide bonds. The number of aromatic nitrogens is 2. The zero-order chi connectivity index (χ0) is 10.7. The van der Waals surface area contributed by atoms with Crippen molar-refractivity contribution in [3.8, 4) is 11.3 Å². The van der Waals surface area contributed by atoms with Gasteiger partial charge in [-0.25, -0.2) is 9.97 Å².